The zero-order valence-corrected chi connectivity index (χ0v) is 18.7. The van der Waals surface area contributed by atoms with E-state index in [2.05, 4.69) is 10.1 Å². The molecular weight excluding hydrogens is 476 g/mol. The molecule has 13 heteroatoms. The molecule has 0 bridgehead atoms. The molecule has 0 aliphatic heterocycles. The van der Waals surface area contributed by atoms with Gasteiger partial charge in [0.2, 0.25) is 0 Å². The van der Waals surface area contributed by atoms with Crippen molar-refractivity contribution in [3.05, 3.63) is 64.2 Å². The number of nitro benzene ring substituents is 1. The normalized spacial score (nSPS) is 13.9. The summed E-state index contributed by atoms with van der Waals surface area (Å²) in [6.07, 6.45) is -4.23. The number of nitro groups is 1. The van der Waals surface area contributed by atoms with Crippen LogP contribution in [-0.2, 0) is 13.6 Å². The van der Waals surface area contributed by atoms with E-state index < -0.39 is 30.0 Å². The molecule has 0 radical (unpaired) electrons. The average molecular weight is 497 g/mol. The summed E-state index contributed by atoms with van der Waals surface area (Å²) in [4.78, 5) is 10.6. The first-order chi connectivity index (χ1) is 15.0. The van der Waals surface area contributed by atoms with Gasteiger partial charge in [-0.2, -0.15) is 8.78 Å². The quantitative estimate of drug-likeness (QED) is 0.155. The minimum Gasteiger partial charge on any atom is -0.429 e. The molecule has 0 saturated carbocycles. The number of ether oxygens (including phenoxy) is 1. The Hall–Kier alpha value is -2.33. The van der Waals surface area contributed by atoms with Crippen LogP contribution in [0.3, 0.4) is 0 Å². The average Bonchev–Trinajstić information content (AvgIpc) is 2.73. The Morgan fingerprint density at radius 3 is 2.25 bits per heavy atom. The van der Waals surface area contributed by atoms with Crippen LogP contribution in [0.5, 0.6) is 5.75 Å². The lowest BCUT2D eigenvalue weighted by atomic mass is 10.2. The number of non-ortho nitro benzene ring substituents is 1. The molecular formula is C19H21ClF3N2O6P. The summed E-state index contributed by atoms with van der Waals surface area (Å²) in [5, 5.41) is 14.1. The monoisotopic (exact) mass is 496 g/mol. The van der Waals surface area contributed by atoms with E-state index in [0.717, 1.165) is 12.1 Å². The van der Waals surface area contributed by atoms with Crippen molar-refractivity contribution in [1.29, 1.82) is 0 Å². The number of hydrogen-bond donors (Lipinski definition) is 1. The second-order valence-corrected chi connectivity index (χ2v) is 8.76. The SMILES string of the molecule is CCOP(=O)(OCC)C(Nc1ccc(OC(F)(F)C(F)Cl)cc1)c1cccc([N+](=O)[O-])c1. The van der Waals surface area contributed by atoms with Crippen molar-refractivity contribution in [1.82, 2.24) is 0 Å². The lowest BCUT2D eigenvalue weighted by molar-refractivity contribution is -0.384. The van der Waals surface area contributed by atoms with Crippen molar-refractivity contribution < 1.29 is 36.4 Å². The molecule has 0 saturated heterocycles. The summed E-state index contributed by atoms with van der Waals surface area (Å²) in [6, 6.07) is 10.3. The van der Waals surface area contributed by atoms with Crippen LogP contribution in [0.4, 0.5) is 24.5 Å². The third kappa shape index (κ3) is 6.59. The van der Waals surface area contributed by atoms with E-state index in [0.29, 0.717) is 0 Å². The van der Waals surface area contributed by atoms with E-state index in [1.54, 1.807) is 13.8 Å². The Bertz CT molecular complexity index is 954. The maximum atomic E-state index is 13.5. The van der Waals surface area contributed by atoms with Crippen molar-refractivity contribution in [3.8, 4) is 5.75 Å². The molecule has 2 aromatic rings. The summed E-state index contributed by atoms with van der Waals surface area (Å²) in [5.41, 5.74) is -2.75. The Morgan fingerprint density at radius 1 is 1.16 bits per heavy atom. The van der Waals surface area contributed by atoms with E-state index in [4.69, 9.17) is 20.6 Å². The van der Waals surface area contributed by atoms with E-state index >= 15 is 0 Å². The molecule has 1 N–H and O–H groups in total. The van der Waals surface area contributed by atoms with Gasteiger partial charge in [0, 0.05) is 17.8 Å². The van der Waals surface area contributed by atoms with Crippen LogP contribution >= 0.6 is 19.2 Å². The molecule has 2 aromatic carbocycles. The smallest absolute Gasteiger partial charge is 0.429 e. The highest BCUT2D eigenvalue weighted by molar-refractivity contribution is 7.54. The van der Waals surface area contributed by atoms with Gasteiger partial charge in [-0.3, -0.25) is 14.7 Å². The molecule has 0 amide bonds. The third-order valence-corrected chi connectivity index (χ3v) is 6.55. The van der Waals surface area contributed by atoms with Gasteiger partial charge in [0.15, 0.2) is 5.78 Å². The summed E-state index contributed by atoms with van der Waals surface area (Å²) in [6.45, 7) is 3.29. The van der Waals surface area contributed by atoms with Gasteiger partial charge in [0.05, 0.1) is 18.1 Å². The fraction of sp³-hybridized carbons (Fsp3) is 0.368. The molecule has 0 aliphatic rings. The number of benzene rings is 2. The zero-order valence-electron chi connectivity index (χ0n) is 17.0. The van der Waals surface area contributed by atoms with Crippen LogP contribution in [0.2, 0.25) is 0 Å². The number of nitrogens with one attached hydrogen (secondary N) is 1. The van der Waals surface area contributed by atoms with Crippen molar-refractivity contribution in [2.75, 3.05) is 18.5 Å². The zero-order chi connectivity index (χ0) is 23.9. The summed E-state index contributed by atoms with van der Waals surface area (Å²) in [5.74, 6) is -1.53. The van der Waals surface area contributed by atoms with Crippen LogP contribution in [-0.4, -0.2) is 29.9 Å². The van der Waals surface area contributed by atoms with Crippen LogP contribution in [0.25, 0.3) is 0 Å². The standard InChI is InChI=1S/C19H21ClF3N2O6P/c1-3-29-32(28,30-4-2)17(13-6-5-7-15(12-13)25(26)27)24-14-8-10-16(11-9-14)31-19(22,23)18(20)21/h5-12,17-18,24H,3-4H2,1-2H3. The first kappa shape index (κ1) is 25.9. The molecule has 0 aliphatic carbocycles. The number of hydrogen-bond acceptors (Lipinski definition) is 7. The molecule has 2 atom stereocenters. The highest BCUT2D eigenvalue weighted by Gasteiger charge is 2.42. The first-order valence-corrected chi connectivity index (χ1v) is 11.4. The van der Waals surface area contributed by atoms with Gasteiger partial charge < -0.3 is 19.1 Å². The van der Waals surface area contributed by atoms with Crippen LogP contribution in [0, 0.1) is 10.1 Å². The van der Waals surface area contributed by atoms with Gasteiger partial charge in [-0.05, 0) is 43.7 Å². The van der Waals surface area contributed by atoms with Crippen LogP contribution < -0.4 is 10.1 Å². The molecule has 2 unspecified atom stereocenters. The molecule has 176 valence electrons. The molecule has 32 heavy (non-hydrogen) atoms. The molecule has 0 heterocycles. The Kier molecular flexibility index (Phi) is 8.91. The Balaban J connectivity index is 2.40. The lowest BCUT2D eigenvalue weighted by Crippen LogP contribution is -2.32. The number of halogens is 4. The molecule has 2 rings (SSSR count). The predicted octanol–water partition coefficient (Wildman–Crippen LogP) is 6.48. The van der Waals surface area contributed by atoms with Gasteiger partial charge in [0.25, 0.3) is 11.3 Å². The van der Waals surface area contributed by atoms with Gasteiger partial charge in [0.1, 0.15) is 5.75 Å². The van der Waals surface area contributed by atoms with E-state index in [9.17, 15) is 27.9 Å². The van der Waals surface area contributed by atoms with Crippen LogP contribution in [0.15, 0.2) is 48.5 Å². The second-order valence-electron chi connectivity index (χ2n) is 6.26. The second kappa shape index (κ2) is 11.0. The fourth-order valence-corrected chi connectivity index (χ4v) is 4.65. The number of rotatable bonds is 12. The third-order valence-electron chi connectivity index (χ3n) is 4.00. The molecule has 0 fully saturated rings. The first-order valence-electron chi connectivity index (χ1n) is 9.37. The molecule has 8 nitrogen and oxygen atoms in total. The number of alkyl halides is 4. The van der Waals surface area contributed by atoms with Gasteiger partial charge in [-0.1, -0.05) is 23.7 Å². The van der Waals surface area contributed by atoms with Crippen molar-refractivity contribution >= 4 is 30.6 Å². The minimum atomic E-state index is -4.23. The maximum absolute atomic E-state index is 13.5. The minimum absolute atomic E-state index is 0.0368. The molecule has 0 aromatic heterocycles. The highest BCUT2D eigenvalue weighted by atomic mass is 35.5. The maximum Gasteiger partial charge on any atom is 0.444 e. The lowest BCUT2D eigenvalue weighted by Gasteiger charge is -2.28. The summed E-state index contributed by atoms with van der Waals surface area (Å²) >= 11 is 4.77. The van der Waals surface area contributed by atoms with Crippen LogP contribution in [0.1, 0.15) is 25.2 Å². The van der Waals surface area contributed by atoms with Gasteiger partial charge in [-0.25, -0.2) is 4.39 Å². The van der Waals surface area contributed by atoms with Crippen molar-refractivity contribution in [2.24, 2.45) is 0 Å². The van der Waals surface area contributed by atoms with E-state index in [1.165, 1.54) is 36.4 Å². The molecule has 0 spiro atoms. The van der Waals surface area contributed by atoms with Crippen molar-refractivity contribution in [2.45, 2.75) is 31.4 Å². The van der Waals surface area contributed by atoms with Crippen molar-refractivity contribution in [3.63, 3.8) is 0 Å². The van der Waals surface area contributed by atoms with E-state index in [1.807, 2.05) is 0 Å². The number of nitrogens with zero attached hydrogens (tertiary/aromatic N) is 1. The van der Waals surface area contributed by atoms with Gasteiger partial charge in [-0.15, -0.1) is 0 Å². The Morgan fingerprint density at radius 2 is 1.75 bits per heavy atom. The summed E-state index contributed by atoms with van der Waals surface area (Å²) in [7, 11) is -3.88. The predicted molar refractivity (Wildman–Crippen MR) is 113 cm³/mol. The van der Waals surface area contributed by atoms with E-state index in [-0.39, 0.29) is 35.9 Å². The number of anilines is 1. The highest BCUT2D eigenvalue weighted by Crippen LogP contribution is 2.61. The summed E-state index contributed by atoms with van der Waals surface area (Å²) < 4.78 is 67.9. The van der Waals surface area contributed by atoms with Gasteiger partial charge >= 0.3 is 13.7 Å². The topological polar surface area (TPSA) is 99.9 Å². The Labute approximate surface area is 187 Å². The fourth-order valence-electron chi connectivity index (χ4n) is 2.68. The largest absolute Gasteiger partial charge is 0.444 e.